The predicted octanol–water partition coefficient (Wildman–Crippen LogP) is 4.21. The molecule has 0 radical (unpaired) electrons. The third kappa shape index (κ3) is 3.50. The molecule has 0 saturated heterocycles. The number of nitrogens with one attached hydrogen (secondary N) is 1. The van der Waals surface area contributed by atoms with Crippen LogP contribution in [0.1, 0.15) is 5.56 Å². The van der Waals surface area contributed by atoms with E-state index in [1.54, 1.807) is 11.8 Å². The molecule has 2 rings (SSSR count). The van der Waals surface area contributed by atoms with Gasteiger partial charge in [-0.25, -0.2) is 0 Å². The van der Waals surface area contributed by atoms with E-state index >= 15 is 0 Å². The molecule has 3 heteroatoms. The number of hydrogen-bond donors (Lipinski definition) is 1. The van der Waals surface area contributed by atoms with E-state index in [1.807, 2.05) is 31.3 Å². The Balaban J connectivity index is 2.11. The molecule has 2 aromatic rings. The highest BCUT2D eigenvalue weighted by molar-refractivity contribution is 7.99. The van der Waals surface area contributed by atoms with E-state index in [0.29, 0.717) is 0 Å². The lowest BCUT2D eigenvalue weighted by Gasteiger charge is -2.05. The van der Waals surface area contributed by atoms with E-state index in [2.05, 4.69) is 29.6 Å². The first kappa shape index (κ1) is 12.5. The maximum atomic E-state index is 6.12. The molecule has 0 atom stereocenters. The smallest absolute Gasteiger partial charge is 0.0545 e. The van der Waals surface area contributed by atoms with Gasteiger partial charge in [-0.3, -0.25) is 0 Å². The molecule has 0 fully saturated rings. The molecule has 0 aromatic heterocycles. The van der Waals surface area contributed by atoms with E-state index < -0.39 is 0 Å². The van der Waals surface area contributed by atoms with Crippen LogP contribution < -0.4 is 5.32 Å². The number of benzene rings is 2. The van der Waals surface area contributed by atoms with Gasteiger partial charge < -0.3 is 5.32 Å². The van der Waals surface area contributed by atoms with Gasteiger partial charge in [0, 0.05) is 16.3 Å². The van der Waals surface area contributed by atoms with E-state index in [-0.39, 0.29) is 0 Å². The first-order valence-electron chi connectivity index (χ1n) is 5.45. The van der Waals surface area contributed by atoms with Crippen molar-refractivity contribution in [2.45, 2.75) is 16.3 Å². The third-order valence-electron chi connectivity index (χ3n) is 2.37. The van der Waals surface area contributed by atoms with E-state index in [0.717, 1.165) is 16.5 Å². The van der Waals surface area contributed by atoms with Crippen LogP contribution in [0.4, 0.5) is 0 Å². The zero-order chi connectivity index (χ0) is 12.1. The fraction of sp³-hybridized carbons (Fsp3) is 0.143. The monoisotopic (exact) mass is 263 g/mol. The van der Waals surface area contributed by atoms with E-state index in [4.69, 9.17) is 11.6 Å². The summed E-state index contributed by atoms with van der Waals surface area (Å²) in [6.45, 7) is 0.900. The van der Waals surface area contributed by atoms with Crippen LogP contribution in [0.5, 0.6) is 0 Å². The van der Waals surface area contributed by atoms with Crippen LogP contribution in [0.15, 0.2) is 58.3 Å². The molecule has 2 aromatic carbocycles. The summed E-state index contributed by atoms with van der Waals surface area (Å²) in [5, 5.41) is 3.94. The Morgan fingerprint density at radius 2 is 1.76 bits per heavy atom. The Kier molecular flexibility index (Phi) is 4.49. The van der Waals surface area contributed by atoms with Crippen molar-refractivity contribution in [2.75, 3.05) is 7.05 Å². The van der Waals surface area contributed by atoms with E-state index in [1.165, 1.54) is 10.5 Å². The Morgan fingerprint density at radius 1 is 1.06 bits per heavy atom. The molecular weight excluding hydrogens is 250 g/mol. The lowest BCUT2D eigenvalue weighted by molar-refractivity contribution is 0.817. The van der Waals surface area contributed by atoms with Crippen LogP contribution in [0.25, 0.3) is 0 Å². The molecule has 0 unspecified atom stereocenters. The highest BCUT2D eigenvalue weighted by atomic mass is 35.5. The molecule has 0 aliphatic heterocycles. The molecule has 0 aliphatic carbocycles. The average Bonchev–Trinajstić information content (AvgIpc) is 2.35. The highest BCUT2D eigenvalue weighted by Crippen LogP contribution is 2.32. The van der Waals surface area contributed by atoms with Gasteiger partial charge in [0.1, 0.15) is 0 Å². The molecule has 1 nitrogen and oxygen atoms in total. The fourth-order valence-corrected chi connectivity index (χ4v) is 2.62. The third-order valence-corrected chi connectivity index (χ3v) is 3.89. The summed E-state index contributed by atoms with van der Waals surface area (Å²) in [4.78, 5) is 2.30. The van der Waals surface area contributed by atoms with Crippen molar-refractivity contribution in [2.24, 2.45) is 0 Å². The second-order valence-corrected chi connectivity index (χ2v) is 5.23. The van der Waals surface area contributed by atoms with Crippen molar-refractivity contribution in [3.8, 4) is 0 Å². The lowest BCUT2D eigenvalue weighted by atomic mass is 10.2. The van der Waals surface area contributed by atoms with Crippen LogP contribution in [-0.2, 0) is 6.54 Å². The average molecular weight is 264 g/mol. The molecule has 0 bridgehead atoms. The molecule has 0 spiro atoms. The van der Waals surface area contributed by atoms with Crippen molar-refractivity contribution in [3.05, 3.63) is 59.1 Å². The quantitative estimate of drug-likeness (QED) is 0.887. The Morgan fingerprint density at radius 3 is 2.41 bits per heavy atom. The molecule has 0 amide bonds. The predicted molar refractivity (Wildman–Crippen MR) is 74.8 cm³/mol. The van der Waals surface area contributed by atoms with Gasteiger partial charge in [0.25, 0.3) is 0 Å². The molecule has 1 N–H and O–H groups in total. The van der Waals surface area contributed by atoms with Gasteiger partial charge in [-0.2, -0.15) is 0 Å². The molecular formula is C14H14ClNS. The maximum absolute atomic E-state index is 6.12. The van der Waals surface area contributed by atoms with E-state index in [9.17, 15) is 0 Å². The van der Waals surface area contributed by atoms with Gasteiger partial charge in [-0.15, -0.1) is 0 Å². The number of hydrogen-bond acceptors (Lipinski definition) is 2. The zero-order valence-corrected chi connectivity index (χ0v) is 11.2. The minimum atomic E-state index is 0.803. The Bertz CT molecular complexity index is 482. The Hall–Kier alpha value is -0.960. The number of rotatable bonds is 4. The highest BCUT2D eigenvalue weighted by Gasteiger charge is 2.01. The summed E-state index contributed by atoms with van der Waals surface area (Å²) in [5.74, 6) is 0. The maximum Gasteiger partial charge on any atom is 0.0545 e. The Labute approximate surface area is 111 Å². The normalized spacial score (nSPS) is 10.5. The zero-order valence-electron chi connectivity index (χ0n) is 9.61. The fourth-order valence-electron chi connectivity index (χ4n) is 1.53. The summed E-state index contributed by atoms with van der Waals surface area (Å²) in [6.07, 6.45) is 0. The first-order chi connectivity index (χ1) is 8.29. The van der Waals surface area contributed by atoms with Gasteiger partial charge in [0.15, 0.2) is 0 Å². The van der Waals surface area contributed by atoms with Crippen molar-refractivity contribution in [1.82, 2.24) is 5.32 Å². The molecule has 0 saturated carbocycles. The topological polar surface area (TPSA) is 12.0 Å². The largest absolute Gasteiger partial charge is 0.316 e. The standard InChI is InChI=1S/C14H14ClNS/c1-16-10-11-6-8-12(9-7-11)17-14-5-3-2-4-13(14)15/h2-9,16H,10H2,1H3. The van der Waals surface area contributed by atoms with Crippen molar-refractivity contribution < 1.29 is 0 Å². The summed E-state index contributed by atoms with van der Waals surface area (Å²) in [6, 6.07) is 16.4. The van der Waals surface area contributed by atoms with Crippen LogP contribution in [0, 0.1) is 0 Å². The van der Waals surface area contributed by atoms with Gasteiger partial charge in [0.05, 0.1) is 5.02 Å². The number of halogens is 1. The van der Waals surface area contributed by atoms with Gasteiger partial charge >= 0.3 is 0 Å². The molecule has 0 heterocycles. The van der Waals surface area contributed by atoms with Crippen LogP contribution in [-0.4, -0.2) is 7.05 Å². The summed E-state index contributed by atoms with van der Waals surface area (Å²) in [7, 11) is 1.95. The van der Waals surface area contributed by atoms with Crippen LogP contribution in [0.3, 0.4) is 0 Å². The van der Waals surface area contributed by atoms with Gasteiger partial charge in [-0.1, -0.05) is 47.6 Å². The minimum Gasteiger partial charge on any atom is -0.316 e. The SMILES string of the molecule is CNCc1ccc(Sc2ccccc2Cl)cc1. The van der Waals surface area contributed by atoms with Crippen LogP contribution in [0.2, 0.25) is 5.02 Å². The summed E-state index contributed by atoms with van der Waals surface area (Å²) >= 11 is 7.81. The first-order valence-corrected chi connectivity index (χ1v) is 6.65. The molecule has 0 aliphatic rings. The molecule has 88 valence electrons. The summed E-state index contributed by atoms with van der Waals surface area (Å²) < 4.78 is 0. The van der Waals surface area contributed by atoms with Gasteiger partial charge in [0.2, 0.25) is 0 Å². The minimum absolute atomic E-state index is 0.803. The lowest BCUT2D eigenvalue weighted by Crippen LogP contribution is -2.04. The van der Waals surface area contributed by atoms with Crippen LogP contribution >= 0.6 is 23.4 Å². The molecule has 17 heavy (non-hydrogen) atoms. The van der Waals surface area contributed by atoms with Crippen molar-refractivity contribution >= 4 is 23.4 Å². The van der Waals surface area contributed by atoms with Gasteiger partial charge in [-0.05, 0) is 36.9 Å². The summed E-state index contributed by atoms with van der Waals surface area (Å²) in [5.41, 5.74) is 1.29. The van der Waals surface area contributed by atoms with Crippen molar-refractivity contribution in [3.63, 3.8) is 0 Å². The van der Waals surface area contributed by atoms with Crippen molar-refractivity contribution in [1.29, 1.82) is 0 Å². The second-order valence-electron chi connectivity index (χ2n) is 3.71. The second kappa shape index (κ2) is 6.10.